The summed E-state index contributed by atoms with van der Waals surface area (Å²) in [4.78, 5) is 28.8. The number of rotatable bonds is 3. The number of hydrogen-bond acceptors (Lipinski definition) is 3. The highest BCUT2D eigenvalue weighted by atomic mass is 16.2. The van der Waals surface area contributed by atoms with Gasteiger partial charge in [0, 0.05) is 18.6 Å². The lowest BCUT2D eigenvalue weighted by Gasteiger charge is -2.63. The Kier molecular flexibility index (Phi) is 5.28. The van der Waals surface area contributed by atoms with Gasteiger partial charge in [0.1, 0.15) is 6.04 Å². The number of carbonyl (C=O) groups excluding carboxylic acids is 2. The molecule has 1 unspecified atom stereocenters. The molecule has 0 aromatic carbocycles. The molecular weight excluding hydrogens is 362 g/mol. The molecule has 5 fully saturated rings. The average molecular weight is 404 g/mol. The number of fused-ring (bicyclic) bond motifs is 3. The Bertz CT molecular complexity index is 654. The van der Waals surface area contributed by atoms with Crippen LogP contribution >= 0.6 is 0 Å². The summed E-state index contributed by atoms with van der Waals surface area (Å²) in [6.07, 6.45) is 7.11. The third-order valence-corrected chi connectivity index (χ3v) is 8.90. The van der Waals surface area contributed by atoms with Crippen molar-refractivity contribution in [2.45, 2.75) is 104 Å². The Balaban J connectivity index is 1.44. The van der Waals surface area contributed by atoms with Crippen LogP contribution in [-0.4, -0.2) is 47.4 Å². The van der Waals surface area contributed by atoms with Crippen LogP contribution in [-0.2, 0) is 9.59 Å². The lowest BCUT2D eigenvalue weighted by atomic mass is 9.50. The van der Waals surface area contributed by atoms with Gasteiger partial charge in [-0.3, -0.25) is 9.59 Å². The van der Waals surface area contributed by atoms with E-state index in [1.165, 1.54) is 32.1 Å². The van der Waals surface area contributed by atoms with Crippen LogP contribution in [0, 0.1) is 28.6 Å². The van der Waals surface area contributed by atoms with Gasteiger partial charge in [0.15, 0.2) is 0 Å². The number of nitrogens with zero attached hydrogens (tertiary/aromatic N) is 1. The molecule has 7 atom stereocenters. The standard InChI is InChI=1S/C24H41N3O2/c1-14-17-12-16(24(17,5)6)13-27(14)22(29)20(23(2,3)4)26-21(28)19-11-15-9-7-8-10-18(15)25-19/h14-20,25H,7-13H2,1-6H3,(H,26,28)/t14-,15-,16?,17+,18-,19-,20-/m1/s1. The van der Waals surface area contributed by atoms with Gasteiger partial charge in [0.05, 0.1) is 6.04 Å². The zero-order valence-corrected chi connectivity index (χ0v) is 19.3. The quantitative estimate of drug-likeness (QED) is 0.760. The Morgan fingerprint density at radius 3 is 2.41 bits per heavy atom. The highest BCUT2D eigenvalue weighted by Gasteiger charge is 2.57. The predicted octanol–water partition coefficient (Wildman–Crippen LogP) is 3.33. The van der Waals surface area contributed by atoms with E-state index in [9.17, 15) is 9.59 Å². The van der Waals surface area contributed by atoms with Crippen LogP contribution < -0.4 is 10.6 Å². The molecule has 2 bridgehead atoms. The Labute approximate surface area is 176 Å². The minimum absolute atomic E-state index is 0.0165. The molecule has 5 rings (SSSR count). The normalized spacial score (nSPS) is 39.3. The van der Waals surface area contributed by atoms with Gasteiger partial charge in [-0.05, 0) is 61.2 Å². The van der Waals surface area contributed by atoms with Gasteiger partial charge in [-0.1, -0.05) is 47.5 Å². The summed E-state index contributed by atoms with van der Waals surface area (Å²) in [5.74, 6) is 1.91. The third kappa shape index (κ3) is 3.62. The van der Waals surface area contributed by atoms with Crippen molar-refractivity contribution in [3.05, 3.63) is 0 Å². The van der Waals surface area contributed by atoms with Crippen LogP contribution in [0.25, 0.3) is 0 Å². The lowest BCUT2D eigenvalue weighted by molar-refractivity contribution is -0.170. The molecule has 3 heterocycles. The van der Waals surface area contributed by atoms with Crippen LogP contribution in [0.2, 0.25) is 0 Å². The van der Waals surface area contributed by atoms with Crippen LogP contribution in [0.5, 0.6) is 0 Å². The molecule has 0 aromatic rings. The molecule has 2 amide bonds. The zero-order valence-electron chi connectivity index (χ0n) is 19.3. The average Bonchev–Trinajstić information content (AvgIpc) is 3.08. The molecule has 2 saturated carbocycles. The number of piperidine rings is 2. The minimum atomic E-state index is -0.470. The summed E-state index contributed by atoms with van der Waals surface area (Å²) in [6.45, 7) is 13.9. The first kappa shape index (κ1) is 21.1. The van der Waals surface area contributed by atoms with E-state index in [-0.39, 0.29) is 29.3 Å². The van der Waals surface area contributed by atoms with Gasteiger partial charge in [-0.2, -0.15) is 0 Å². The van der Waals surface area contributed by atoms with Crippen molar-refractivity contribution >= 4 is 11.8 Å². The maximum atomic E-state index is 13.6. The topological polar surface area (TPSA) is 61.4 Å². The van der Waals surface area contributed by atoms with Crippen molar-refractivity contribution < 1.29 is 9.59 Å². The van der Waals surface area contributed by atoms with Crippen molar-refractivity contribution in [3.8, 4) is 0 Å². The van der Waals surface area contributed by atoms with Gasteiger partial charge in [-0.15, -0.1) is 0 Å². The molecule has 3 saturated heterocycles. The number of nitrogens with one attached hydrogen (secondary N) is 2. The number of amides is 2. The molecule has 5 aliphatic rings. The minimum Gasteiger partial charge on any atom is -0.342 e. The summed E-state index contributed by atoms with van der Waals surface area (Å²) < 4.78 is 0. The van der Waals surface area contributed by atoms with Crippen LogP contribution in [0.15, 0.2) is 0 Å². The molecule has 164 valence electrons. The molecule has 5 heteroatoms. The molecule has 2 aliphatic carbocycles. The first-order valence-electron chi connectivity index (χ1n) is 11.9. The predicted molar refractivity (Wildman–Crippen MR) is 115 cm³/mol. The second-order valence-corrected chi connectivity index (χ2v) is 12.0. The lowest BCUT2D eigenvalue weighted by Crippen LogP contribution is -2.68. The summed E-state index contributed by atoms with van der Waals surface area (Å²) in [6, 6.07) is 0.117. The second kappa shape index (κ2) is 7.25. The highest BCUT2D eigenvalue weighted by molar-refractivity contribution is 5.91. The van der Waals surface area contributed by atoms with E-state index < -0.39 is 6.04 Å². The fraction of sp³-hybridized carbons (Fsp3) is 0.917. The smallest absolute Gasteiger partial charge is 0.245 e. The van der Waals surface area contributed by atoms with Crippen molar-refractivity contribution in [2.24, 2.45) is 28.6 Å². The summed E-state index contributed by atoms with van der Waals surface area (Å²) >= 11 is 0. The molecule has 2 N–H and O–H groups in total. The van der Waals surface area contributed by atoms with Gasteiger partial charge in [-0.25, -0.2) is 0 Å². The molecule has 29 heavy (non-hydrogen) atoms. The first-order valence-corrected chi connectivity index (χ1v) is 11.9. The summed E-state index contributed by atoms with van der Waals surface area (Å²) in [7, 11) is 0. The maximum Gasteiger partial charge on any atom is 0.245 e. The largest absolute Gasteiger partial charge is 0.342 e. The molecule has 5 nitrogen and oxygen atoms in total. The first-order chi connectivity index (χ1) is 13.5. The SMILES string of the molecule is C[C@@H]1[C@@H]2CC(CN1C(=O)[C@@H](NC(=O)[C@H]1C[C@H]3CCCC[C@H]3N1)C(C)(C)C)C2(C)C. The Hall–Kier alpha value is -1.10. The number of carbonyl (C=O) groups is 2. The molecule has 3 aliphatic heterocycles. The zero-order chi connectivity index (χ0) is 21.1. The monoisotopic (exact) mass is 403 g/mol. The van der Waals surface area contributed by atoms with Crippen molar-refractivity contribution in [2.75, 3.05) is 6.54 Å². The summed E-state index contributed by atoms with van der Waals surface area (Å²) in [5.41, 5.74) is 0.0235. The second-order valence-electron chi connectivity index (χ2n) is 12.0. The van der Waals surface area contributed by atoms with Crippen LogP contribution in [0.4, 0.5) is 0 Å². The van der Waals surface area contributed by atoms with E-state index in [4.69, 9.17) is 0 Å². The van der Waals surface area contributed by atoms with Gasteiger partial charge < -0.3 is 15.5 Å². The molecular formula is C24H41N3O2. The Morgan fingerprint density at radius 2 is 1.83 bits per heavy atom. The molecule has 0 radical (unpaired) electrons. The van der Waals surface area contributed by atoms with E-state index in [2.05, 4.69) is 57.1 Å². The van der Waals surface area contributed by atoms with Gasteiger partial charge in [0.2, 0.25) is 11.8 Å². The Morgan fingerprint density at radius 1 is 1.14 bits per heavy atom. The number of hydrogen-bond donors (Lipinski definition) is 2. The van der Waals surface area contributed by atoms with Gasteiger partial charge >= 0.3 is 0 Å². The van der Waals surface area contributed by atoms with E-state index >= 15 is 0 Å². The maximum absolute atomic E-state index is 13.6. The van der Waals surface area contributed by atoms with Gasteiger partial charge in [0.25, 0.3) is 0 Å². The van der Waals surface area contributed by atoms with Crippen molar-refractivity contribution in [3.63, 3.8) is 0 Å². The molecule has 0 spiro atoms. The van der Waals surface area contributed by atoms with Crippen LogP contribution in [0.1, 0.15) is 80.1 Å². The van der Waals surface area contributed by atoms with E-state index in [1.54, 1.807) is 0 Å². The van der Waals surface area contributed by atoms with E-state index in [0.717, 1.165) is 13.0 Å². The molecule has 0 aromatic heterocycles. The highest BCUT2D eigenvalue weighted by Crippen LogP contribution is 2.57. The van der Waals surface area contributed by atoms with E-state index in [0.29, 0.717) is 29.2 Å². The van der Waals surface area contributed by atoms with Crippen molar-refractivity contribution in [1.82, 2.24) is 15.5 Å². The van der Waals surface area contributed by atoms with Crippen molar-refractivity contribution in [1.29, 1.82) is 0 Å². The third-order valence-electron chi connectivity index (χ3n) is 8.90. The fourth-order valence-corrected chi connectivity index (χ4v) is 6.67. The summed E-state index contributed by atoms with van der Waals surface area (Å²) in [5, 5.41) is 6.75. The van der Waals surface area contributed by atoms with E-state index in [1.807, 2.05) is 0 Å². The fourth-order valence-electron chi connectivity index (χ4n) is 6.67. The van der Waals surface area contributed by atoms with Crippen LogP contribution in [0.3, 0.4) is 0 Å².